The predicted octanol–water partition coefficient (Wildman–Crippen LogP) is 1.81. The molecule has 1 aromatic rings. The number of aliphatic hydroxyl groups is 1. The zero-order valence-corrected chi connectivity index (χ0v) is 12.3. The monoisotopic (exact) mass is 323 g/mol. The first-order valence-corrected chi connectivity index (χ1v) is 7.88. The van der Waals surface area contributed by atoms with Crippen molar-refractivity contribution < 1.29 is 29.4 Å². The normalized spacial score (nSPS) is 17.1. The number of nitrogens with zero attached hydrogens (tertiary/aromatic N) is 1. The van der Waals surface area contributed by atoms with Gasteiger partial charge in [-0.15, -0.1) is 0 Å². The molecule has 1 aromatic carbocycles. The van der Waals surface area contributed by atoms with Gasteiger partial charge >= 0.3 is 7.75 Å². The first-order valence-electron chi connectivity index (χ1n) is 6.32. The maximum Gasteiger partial charge on any atom is 0.448 e. The van der Waals surface area contributed by atoms with Gasteiger partial charge in [-0.25, -0.2) is 4.57 Å². The van der Waals surface area contributed by atoms with Crippen LogP contribution in [-0.4, -0.2) is 31.5 Å². The van der Waals surface area contributed by atoms with E-state index in [1.165, 1.54) is 24.3 Å². The molecule has 0 amide bonds. The number of aliphatic hydroxyl groups excluding tert-OH is 1. The van der Waals surface area contributed by atoms with Crippen molar-refractivity contribution in [1.29, 1.82) is 0 Å². The lowest BCUT2D eigenvalue weighted by Crippen LogP contribution is -2.19. The molecule has 2 rings (SSSR count). The minimum atomic E-state index is -4.70. The Hall–Kier alpha value is -2.21. The summed E-state index contributed by atoms with van der Waals surface area (Å²) < 4.78 is 14.2. The Labute approximate surface area is 126 Å². The number of benzene rings is 1. The quantitative estimate of drug-likeness (QED) is 0.626. The van der Waals surface area contributed by atoms with Crippen LogP contribution in [0.15, 0.2) is 52.5 Å². The summed E-state index contributed by atoms with van der Waals surface area (Å²) in [5, 5.41) is 19.0. The molecule has 7 nitrogen and oxygen atoms in total. The molecule has 0 atom stereocenters. The molecule has 0 unspecified atom stereocenters. The molecule has 22 heavy (non-hydrogen) atoms. The minimum Gasteiger partial charge on any atom is -0.508 e. The Morgan fingerprint density at radius 3 is 2.41 bits per heavy atom. The van der Waals surface area contributed by atoms with E-state index in [9.17, 15) is 19.6 Å². The Bertz CT molecular complexity index is 726. The van der Waals surface area contributed by atoms with Crippen LogP contribution in [0.3, 0.4) is 0 Å². The van der Waals surface area contributed by atoms with Crippen molar-refractivity contribution in [3.63, 3.8) is 0 Å². The number of rotatable bonds is 4. The second kappa shape index (κ2) is 6.27. The van der Waals surface area contributed by atoms with Crippen LogP contribution in [0.1, 0.15) is 12.0 Å². The number of phenolic OH excluding ortho intramolecular Hbond substituents is 1. The van der Waals surface area contributed by atoms with E-state index < -0.39 is 13.5 Å². The summed E-state index contributed by atoms with van der Waals surface area (Å²) in [6.45, 7) is 0. The summed E-state index contributed by atoms with van der Waals surface area (Å²) in [6.07, 6.45) is 2.71. The molecule has 1 aliphatic rings. The Balaban J connectivity index is 2.32. The van der Waals surface area contributed by atoms with Crippen LogP contribution in [0.5, 0.6) is 5.75 Å². The maximum absolute atomic E-state index is 12.3. The smallest absolute Gasteiger partial charge is 0.448 e. The lowest BCUT2D eigenvalue weighted by Gasteiger charge is -2.14. The zero-order chi connectivity index (χ0) is 16.3. The maximum atomic E-state index is 12.3. The van der Waals surface area contributed by atoms with E-state index in [0.29, 0.717) is 5.56 Å². The van der Waals surface area contributed by atoms with Crippen LogP contribution < -0.4 is 0 Å². The summed E-state index contributed by atoms with van der Waals surface area (Å²) >= 11 is 0. The SMILES string of the molecule is O=C(Cc1ccc(O)cc1)C1=C(O)C=CCC1=NP(=O)(O)O. The van der Waals surface area contributed by atoms with Crippen molar-refractivity contribution in [2.24, 2.45) is 4.76 Å². The van der Waals surface area contributed by atoms with Gasteiger partial charge < -0.3 is 20.0 Å². The van der Waals surface area contributed by atoms with Crippen molar-refractivity contribution in [1.82, 2.24) is 0 Å². The van der Waals surface area contributed by atoms with Crippen molar-refractivity contribution in [3.8, 4) is 5.75 Å². The largest absolute Gasteiger partial charge is 0.508 e. The number of ketones is 1. The van der Waals surface area contributed by atoms with Crippen LogP contribution in [-0.2, 0) is 15.8 Å². The van der Waals surface area contributed by atoms with E-state index >= 15 is 0 Å². The topological polar surface area (TPSA) is 127 Å². The first kappa shape index (κ1) is 16.2. The van der Waals surface area contributed by atoms with Crippen molar-refractivity contribution >= 4 is 19.2 Å². The van der Waals surface area contributed by atoms with Gasteiger partial charge in [-0.1, -0.05) is 18.2 Å². The molecule has 4 N–H and O–H groups in total. The number of allylic oxidation sites excluding steroid dienone is 3. The van der Waals surface area contributed by atoms with Crippen LogP contribution in [0.2, 0.25) is 0 Å². The number of phenols is 1. The van der Waals surface area contributed by atoms with Gasteiger partial charge in [0, 0.05) is 12.8 Å². The molecule has 0 saturated heterocycles. The third kappa shape index (κ3) is 4.14. The number of Topliss-reactive ketones (excluding diaryl/α,β-unsaturated/α-hetero) is 1. The fourth-order valence-electron chi connectivity index (χ4n) is 2.05. The summed E-state index contributed by atoms with van der Waals surface area (Å²) in [5.74, 6) is -0.829. The molecule has 116 valence electrons. The summed E-state index contributed by atoms with van der Waals surface area (Å²) in [6, 6.07) is 5.93. The molecule has 8 heteroatoms. The third-order valence-electron chi connectivity index (χ3n) is 2.96. The summed E-state index contributed by atoms with van der Waals surface area (Å²) in [4.78, 5) is 30.2. The number of carbonyl (C=O) groups excluding carboxylic acids is 1. The van der Waals surface area contributed by atoms with E-state index in [0.717, 1.165) is 0 Å². The molecular weight excluding hydrogens is 309 g/mol. The highest BCUT2D eigenvalue weighted by molar-refractivity contribution is 7.50. The second-order valence-electron chi connectivity index (χ2n) is 4.69. The van der Waals surface area contributed by atoms with Gasteiger partial charge in [0.05, 0.1) is 11.3 Å². The molecule has 0 fully saturated rings. The lowest BCUT2D eigenvalue weighted by molar-refractivity contribution is -0.114. The fraction of sp³-hybridized carbons (Fsp3) is 0.143. The summed E-state index contributed by atoms with van der Waals surface area (Å²) in [7, 11) is -4.70. The van der Waals surface area contributed by atoms with Gasteiger partial charge in [0.2, 0.25) is 0 Å². The molecule has 0 spiro atoms. The second-order valence-corrected chi connectivity index (χ2v) is 5.92. The highest BCUT2D eigenvalue weighted by Crippen LogP contribution is 2.38. The highest BCUT2D eigenvalue weighted by Gasteiger charge is 2.25. The van der Waals surface area contributed by atoms with Crippen LogP contribution in [0.4, 0.5) is 0 Å². The molecule has 0 bridgehead atoms. The average Bonchev–Trinajstić information content (AvgIpc) is 2.39. The van der Waals surface area contributed by atoms with Gasteiger partial charge in [0.25, 0.3) is 0 Å². The summed E-state index contributed by atoms with van der Waals surface area (Å²) in [5.41, 5.74) is 0.254. The lowest BCUT2D eigenvalue weighted by atomic mass is 9.94. The van der Waals surface area contributed by atoms with Crippen LogP contribution in [0.25, 0.3) is 0 Å². The Morgan fingerprint density at radius 1 is 1.18 bits per heavy atom. The van der Waals surface area contributed by atoms with Gasteiger partial charge in [-0.2, -0.15) is 4.76 Å². The van der Waals surface area contributed by atoms with Crippen molar-refractivity contribution in [2.45, 2.75) is 12.8 Å². The van der Waals surface area contributed by atoms with E-state index in [4.69, 9.17) is 9.79 Å². The highest BCUT2D eigenvalue weighted by atomic mass is 31.2. The fourth-order valence-corrected chi connectivity index (χ4v) is 2.55. The van der Waals surface area contributed by atoms with Crippen molar-refractivity contribution in [2.75, 3.05) is 0 Å². The number of carbonyl (C=O) groups is 1. The third-order valence-corrected chi connectivity index (χ3v) is 3.46. The number of hydrogen-bond acceptors (Lipinski definition) is 4. The van der Waals surface area contributed by atoms with Gasteiger partial charge in [-0.3, -0.25) is 4.79 Å². The molecule has 0 aromatic heterocycles. The van der Waals surface area contributed by atoms with E-state index in [2.05, 4.69) is 4.76 Å². The average molecular weight is 323 g/mol. The van der Waals surface area contributed by atoms with Gasteiger partial charge in [0.15, 0.2) is 5.78 Å². The van der Waals surface area contributed by atoms with Crippen molar-refractivity contribution in [3.05, 3.63) is 53.3 Å². The molecule has 0 saturated carbocycles. The Morgan fingerprint density at radius 2 is 1.82 bits per heavy atom. The minimum absolute atomic E-state index is 0.0474. The predicted molar refractivity (Wildman–Crippen MR) is 79.7 cm³/mol. The Kier molecular flexibility index (Phi) is 4.61. The first-order chi connectivity index (χ1) is 10.3. The number of hydrogen-bond donors (Lipinski definition) is 4. The number of aromatic hydroxyl groups is 1. The van der Waals surface area contributed by atoms with E-state index in [1.807, 2.05) is 0 Å². The van der Waals surface area contributed by atoms with Crippen LogP contribution in [0, 0.1) is 0 Å². The molecule has 0 heterocycles. The van der Waals surface area contributed by atoms with Crippen LogP contribution >= 0.6 is 7.75 Å². The molecule has 0 radical (unpaired) electrons. The van der Waals surface area contributed by atoms with Gasteiger partial charge in [0.1, 0.15) is 11.5 Å². The zero-order valence-electron chi connectivity index (χ0n) is 11.4. The molecular formula is C14H14NO6P. The standard InChI is InChI=1S/C14H14NO6P/c16-10-6-4-9(5-7-10)8-13(18)14-11(15-22(19,20)21)2-1-3-12(14)17/h1,3-7,16-17H,2,8H2,(H2,19,20,21). The molecule has 0 aliphatic heterocycles. The van der Waals surface area contributed by atoms with E-state index in [1.54, 1.807) is 12.1 Å². The van der Waals surface area contributed by atoms with Gasteiger partial charge in [-0.05, 0) is 23.8 Å². The van der Waals surface area contributed by atoms with E-state index in [-0.39, 0.29) is 35.6 Å². The molecule has 1 aliphatic carbocycles.